The van der Waals surface area contributed by atoms with Crippen molar-refractivity contribution in [2.45, 2.75) is 26.2 Å². The molecule has 2 amide bonds. The molecule has 0 saturated heterocycles. The van der Waals surface area contributed by atoms with Crippen LogP contribution in [0.5, 0.6) is 0 Å². The summed E-state index contributed by atoms with van der Waals surface area (Å²) in [5.74, 6) is -0.556. The van der Waals surface area contributed by atoms with Gasteiger partial charge in [-0.3, -0.25) is 34.6 Å². The Bertz CT molecular complexity index is 2240. The molecule has 0 aliphatic carbocycles. The summed E-state index contributed by atoms with van der Waals surface area (Å²) in [5, 5.41) is 30.0. The molecule has 0 aliphatic rings. The van der Waals surface area contributed by atoms with Crippen molar-refractivity contribution in [2.75, 3.05) is 10.6 Å². The van der Waals surface area contributed by atoms with Gasteiger partial charge in [0.05, 0.1) is 26.1 Å². The van der Waals surface area contributed by atoms with E-state index in [-0.39, 0.29) is 28.0 Å². The monoisotopic (exact) mass is 857 g/mol. The molecule has 0 saturated carbocycles. The van der Waals surface area contributed by atoms with Crippen molar-refractivity contribution in [3.8, 4) is 10.6 Å². The van der Waals surface area contributed by atoms with E-state index in [1.807, 2.05) is 25.1 Å². The maximum Gasteiger partial charge on any atom is 0.507 e. The first-order chi connectivity index (χ1) is 25.2. The molecule has 13 nitrogen and oxygen atoms in total. The zero-order valence-corrected chi connectivity index (χ0v) is 31.5. The molecule has 1 aromatic carbocycles. The van der Waals surface area contributed by atoms with E-state index in [4.69, 9.17) is 10.0 Å². The highest BCUT2D eigenvalue weighted by molar-refractivity contribution is 9.11. The van der Waals surface area contributed by atoms with E-state index in [0.29, 0.717) is 27.2 Å². The number of anilines is 2. The van der Waals surface area contributed by atoms with Gasteiger partial charge in [-0.1, -0.05) is 46.9 Å². The summed E-state index contributed by atoms with van der Waals surface area (Å²) in [5.41, 5.74) is 0.444. The van der Waals surface area contributed by atoms with Crippen molar-refractivity contribution in [3.63, 3.8) is 0 Å². The van der Waals surface area contributed by atoms with Gasteiger partial charge in [-0.05, 0) is 65.2 Å². The highest BCUT2D eigenvalue weighted by atomic mass is 79.9. The number of nitrogens with zero attached hydrogens (tertiary/aromatic N) is 7. The van der Waals surface area contributed by atoms with E-state index in [1.54, 1.807) is 31.3 Å². The second-order valence-corrected chi connectivity index (χ2v) is 14.3. The van der Waals surface area contributed by atoms with Crippen LogP contribution in [0.3, 0.4) is 0 Å². The Morgan fingerprint density at radius 3 is 1.89 bits per heavy atom. The largest absolute Gasteiger partial charge is 0.507 e. The van der Waals surface area contributed by atoms with Crippen molar-refractivity contribution < 1.29 is 46.0 Å². The molecule has 6 aromatic rings. The first-order valence-electron chi connectivity index (χ1n) is 15.0. The van der Waals surface area contributed by atoms with Gasteiger partial charge in [-0.2, -0.15) is 36.5 Å². The van der Waals surface area contributed by atoms with Crippen molar-refractivity contribution in [1.82, 2.24) is 34.5 Å². The van der Waals surface area contributed by atoms with Gasteiger partial charge in [0.1, 0.15) is 5.69 Å². The van der Waals surface area contributed by atoms with Crippen LogP contribution in [0, 0.1) is 13.8 Å². The second kappa shape index (κ2) is 17.5. The highest BCUT2D eigenvalue weighted by Crippen LogP contribution is 2.34. The van der Waals surface area contributed by atoms with Crippen molar-refractivity contribution in [2.24, 2.45) is 14.1 Å². The second-order valence-electron chi connectivity index (χ2n) is 10.9. The predicted octanol–water partition coefficient (Wildman–Crippen LogP) is 6.10. The topological polar surface area (TPSA) is 173 Å². The summed E-state index contributed by atoms with van der Waals surface area (Å²) in [6.07, 6.45) is -4.52. The van der Waals surface area contributed by atoms with Crippen LogP contribution in [0.4, 0.5) is 36.6 Å². The first-order valence-corrected chi connectivity index (χ1v) is 17.4. The van der Waals surface area contributed by atoms with Crippen LogP contribution in [0.25, 0.3) is 10.6 Å². The van der Waals surface area contributed by atoms with E-state index in [1.165, 1.54) is 37.8 Å². The number of nitrogens with one attached hydrogen (secondary N) is 2. The Morgan fingerprint density at radius 2 is 1.35 bits per heavy atom. The summed E-state index contributed by atoms with van der Waals surface area (Å²) in [7, 11) is 0.665. The number of carbonyl (C=O) groups excluding carboxylic acids is 2. The number of thiazole rings is 2. The summed E-state index contributed by atoms with van der Waals surface area (Å²) < 4.78 is 77.1. The Hall–Kier alpha value is -4.97. The first kappa shape index (κ1) is 41.8. The Kier molecular flexibility index (Phi) is 13.5. The highest BCUT2D eigenvalue weighted by Gasteiger charge is 2.36. The van der Waals surface area contributed by atoms with Crippen molar-refractivity contribution in [1.29, 1.82) is 0 Å². The predicted molar refractivity (Wildman–Crippen MR) is 193 cm³/mol. The number of carbonyl (C=O) groups is 2. The van der Waals surface area contributed by atoms with Crippen LogP contribution in [-0.2, 0) is 26.4 Å². The van der Waals surface area contributed by atoms with Gasteiger partial charge in [-0.25, -0.2) is 9.97 Å². The molecule has 4 N–H and O–H groups in total. The molecular weight excluding hydrogens is 831 g/mol. The summed E-state index contributed by atoms with van der Waals surface area (Å²) in [6.45, 7) is 3.66. The van der Waals surface area contributed by atoms with E-state index >= 15 is 0 Å². The van der Waals surface area contributed by atoms with Crippen LogP contribution < -0.4 is 16.2 Å². The molecule has 0 fully saturated rings. The molecule has 5 aromatic heterocycles. The average molecular weight is 858 g/mol. The molecule has 0 radical (unpaired) electrons. The van der Waals surface area contributed by atoms with Gasteiger partial charge in [0.2, 0.25) is 0 Å². The number of alkyl halides is 6. The summed E-state index contributed by atoms with van der Waals surface area (Å²) in [4.78, 5) is 36.6. The molecule has 6 rings (SSSR count). The third-order valence-electron chi connectivity index (χ3n) is 6.93. The zero-order valence-electron chi connectivity index (χ0n) is 28.2. The summed E-state index contributed by atoms with van der Waals surface area (Å²) in [6, 6.07) is 12.5. The minimum absolute atomic E-state index is 0.125. The van der Waals surface area contributed by atoms with Crippen LogP contribution in [-0.4, -0.2) is 63.5 Å². The van der Waals surface area contributed by atoms with Gasteiger partial charge in [0, 0.05) is 32.1 Å². The lowest BCUT2D eigenvalue weighted by molar-refractivity contribution is -0.142. The van der Waals surface area contributed by atoms with E-state index in [0.717, 1.165) is 36.1 Å². The zero-order chi connectivity index (χ0) is 40.0. The van der Waals surface area contributed by atoms with Crippen molar-refractivity contribution >= 4 is 73.4 Å². The smallest absolute Gasteiger partial charge is 0.422 e. The fourth-order valence-corrected chi connectivity index (χ4v) is 6.29. The molecule has 0 spiro atoms. The van der Waals surface area contributed by atoms with Crippen LogP contribution >= 0.6 is 38.6 Å². The Balaban J connectivity index is 0.000000193. The number of amides is 2. The lowest BCUT2D eigenvalue weighted by Crippen LogP contribution is -2.35. The van der Waals surface area contributed by atoms with Crippen LogP contribution in [0.15, 0.2) is 70.9 Å². The molecule has 0 unspecified atom stereocenters. The van der Waals surface area contributed by atoms with Crippen molar-refractivity contribution in [3.05, 3.63) is 105 Å². The maximum absolute atomic E-state index is 12.7. The molecule has 284 valence electrons. The number of hydrogen-bond acceptors (Lipinski definition) is 11. The molecule has 0 bridgehead atoms. The average Bonchev–Trinajstić information content (AvgIpc) is 3.89. The number of aromatic nitrogens is 7. The summed E-state index contributed by atoms with van der Waals surface area (Å²) >= 11 is 5.74. The number of rotatable bonds is 6. The molecule has 23 heteroatoms. The fourth-order valence-electron chi connectivity index (χ4n) is 4.33. The third-order valence-corrected chi connectivity index (χ3v) is 9.26. The molecule has 54 heavy (non-hydrogen) atoms. The number of halogens is 7. The van der Waals surface area contributed by atoms with Gasteiger partial charge in [0.25, 0.3) is 11.8 Å². The third kappa shape index (κ3) is 11.0. The van der Waals surface area contributed by atoms with Crippen LogP contribution in [0.1, 0.15) is 43.4 Å². The minimum atomic E-state index is -4.56. The van der Waals surface area contributed by atoms with E-state index < -0.39 is 36.8 Å². The lowest BCUT2D eigenvalue weighted by atomic mass is 9.86. The van der Waals surface area contributed by atoms with Gasteiger partial charge in [-0.15, -0.1) is 0 Å². The number of aryl methyl sites for hydroxylation is 4. The quantitative estimate of drug-likeness (QED) is 0.114. The van der Waals surface area contributed by atoms with Crippen LogP contribution in [0.2, 0.25) is 0 Å². The number of pyridine rings is 1. The van der Waals surface area contributed by atoms with E-state index in [2.05, 4.69) is 51.7 Å². The number of hydrogen-bond donors (Lipinski definition) is 4. The standard InChI is InChI=1S/C15H12F3N5OS.C11H9BrN2OS.C5H6BF3N2O2/c1-8-4-3-5-19-12(8)13(24)21-14-20-7-10(25-14)9-6-11(15(16,17)18)22-23(9)2;1-7-4-2-3-5-8(7)10(15)14-11-13-6-9(12)16-11;1-11-4(6(12)13)2-3(10-11)5(7,8)9/h3-7H,1-2H3,(H,20,21,24);2-6H,1H3,(H,13,14,15);2,12-13H,1H3. The minimum Gasteiger partial charge on any atom is -0.422 e. The maximum atomic E-state index is 12.7. The Labute approximate surface area is 319 Å². The normalized spacial score (nSPS) is 11.2. The van der Waals surface area contributed by atoms with E-state index in [9.17, 15) is 35.9 Å². The fraction of sp³-hybridized carbons (Fsp3) is 0.194. The number of benzene rings is 1. The van der Waals surface area contributed by atoms with Gasteiger partial charge < -0.3 is 10.0 Å². The SMILES string of the molecule is Cc1ccccc1C(=O)Nc1ncc(Br)s1.Cc1cccnc1C(=O)Nc1ncc(-c2cc(C(F)(F)F)nn2C)s1.Cn1nc(C(F)(F)F)cc1B(O)O. The van der Waals surface area contributed by atoms with Gasteiger partial charge >= 0.3 is 19.5 Å². The van der Waals surface area contributed by atoms with Gasteiger partial charge in [0.15, 0.2) is 21.7 Å². The lowest BCUT2D eigenvalue weighted by Gasteiger charge is -2.04. The molecule has 0 aliphatic heterocycles. The molecule has 5 heterocycles. The molecule has 0 atom stereocenters. The Morgan fingerprint density at radius 1 is 0.778 bits per heavy atom. The molecular formula is C31H27BBrF6N9O4S2.